The van der Waals surface area contributed by atoms with Gasteiger partial charge in [0.2, 0.25) is 5.78 Å². The fourth-order valence-corrected chi connectivity index (χ4v) is 4.57. The normalized spacial score (nSPS) is 13.2. The van der Waals surface area contributed by atoms with Crippen LogP contribution in [0.2, 0.25) is 5.02 Å². The maximum absolute atomic E-state index is 13.2. The van der Waals surface area contributed by atoms with Gasteiger partial charge < -0.3 is 4.74 Å². The van der Waals surface area contributed by atoms with Crippen molar-refractivity contribution in [3.05, 3.63) is 81.6 Å². The van der Waals surface area contributed by atoms with E-state index in [-0.39, 0.29) is 18.0 Å². The smallest absolute Gasteiger partial charge is 0.315 e. The molecule has 0 heterocycles. The second-order valence-electron chi connectivity index (χ2n) is 9.22. The fraction of sp³-hybridized carbons (Fsp3) is 0.433. The van der Waals surface area contributed by atoms with Crippen molar-refractivity contribution in [2.75, 3.05) is 0 Å². The van der Waals surface area contributed by atoms with Crippen molar-refractivity contribution >= 4 is 29.1 Å². The van der Waals surface area contributed by atoms with Gasteiger partial charge in [-0.15, -0.1) is 0 Å². The van der Waals surface area contributed by atoms with Crippen LogP contribution in [0.3, 0.4) is 0 Å². The van der Waals surface area contributed by atoms with E-state index in [1.807, 2.05) is 0 Å². The monoisotopic (exact) mass is 494 g/mol. The molecule has 0 spiro atoms. The maximum Gasteiger partial charge on any atom is 0.315 e. The van der Waals surface area contributed by atoms with Crippen LogP contribution in [0.1, 0.15) is 104 Å². The fourth-order valence-electron chi connectivity index (χ4n) is 4.45. The van der Waals surface area contributed by atoms with Crippen LogP contribution in [0.15, 0.2) is 59.9 Å². The summed E-state index contributed by atoms with van der Waals surface area (Å²) in [6.45, 7) is 2.23. The van der Waals surface area contributed by atoms with Crippen LogP contribution >= 0.6 is 11.6 Å². The number of Topliss-reactive ketones (excluding diaryl/α,β-unsaturated/α-hetero) is 2. The summed E-state index contributed by atoms with van der Waals surface area (Å²) in [6.07, 6.45) is 12.2. The van der Waals surface area contributed by atoms with E-state index in [2.05, 4.69) is 6.92 Å². The van der Waals surface area contributed by atoms with Crippen molar-refractivity contribution in [3.8, 4) is 0 Å². The minimum Gasteiger partial charge on any atom is -0.422 e. The molecule has 5 heteroatoms. The average molecular weight is 495 g/mol. The molecule has 0 atom stereocenters. The number of rotatable bonds is 14. The van der Waals surface area contributed by atoms with Gasteiger partial charge in [0.05, 0.1) is 6.42 Å². The van der Waals surface area contributed by atoms with E-state index in [1.54, 1.807) is 48.5 Å². The van der Waals surface area contributed by atoms with Gasteiger partial charge in [0.1, 0.15) is 0 Å². The lowest BCUT2D eigenvalue weighted by atomic mass is 9.85. The Hall–Kier alpha value is -2.72. The number of allylic oxidation sites excluding steroid dienone is 2. The molecule has 3 rings (SSSR count). The molecule has 35 heavy (non-hydrogen) atoms. The lowest BCUT2D eigenvalue weighted by Gasteiger charge is -2.20. The largest absolute Gasteiger partial charge is 0.422 e. The van der Waals surface area contributed by atoms with Gasteiger partial charge in [-0.1, -0.05) is 113 Å². The minimum atomic E-state index is -0.566. The third kappa shape index (κ3) is 7.90. The second-order valence-corrected chi connectivity index (χ2v) is 9.66. The van der Waals surface area contributed by atoms with Gasteiger partial charge in [0, 0.05) is 21.7 Å². The molecule has 0 aliphatic heterocycles. The number of halogens is 1. The van der Waals surface area contributed by atoms with Crippen molar-refractivity contribution in [1.82, 2.24) is 0 Å². The van der Waals surface area contributed by atoms with Crippen molar-refractivity contribution in [3.63, 3.8) is 0 Å². The Morgan fingerprint density at radius 2 is 1.29 bits per heavy atom. The highest BCUT2D eigenvalue weighted by atomic mass is 35.5. The molecule has 0 saturated heterocycles. The summed E-state index contributed by atoms with van der Waals surface area (Å²) in [4.78, 5) is 39.1. The zero-order valence-corrected chi connectivity index (χ0v) is 21.4. The van der Waals surface area contributed by atoms with E-state index in [0.717, 1.165) is 24.8 Å². The summed E-state index contributed by atoms with van der Waals surface area (Å²) in [5, 5.41) is 0.577. The van der Waals surface area contributed by atoms with E-state index in [0.29, 0.717) is 28.1 Å². The number of benzene rings is 2. The van der Waals surface area contributed by atoms with Crippen LogP contribution in [-0.2, 0) is 16.0 Å². The lowest BCUT2D eigenvalue weighted by molar-refractivity contribution is -0.138. The average Bonchev–Trinajstić information content (AvgIpc) is 2.86. The summed E-state index contributed by atoms with van der Waals surface area (Å²) in [7, 11) is 0. The number of hydrogen-bond donors (Lipinski definition) is 0. The van der Waals surface area contributed by atoms with Crippen molar-refractivity contribution in [1.29, 1.82) is 0 Å². The standard InChI is InChI=1S/C30H35ClO4/c1-2-3-4-5-6-7-8-9-10-11-16-26-28(33)24-14-12-13-15-25(24)29(34)30(26)35-27(32)21-22-17-19-23(31)20-18-22/h12-15,17-20H,2-11,16,21H2,1H3. The molecule has 0 amide bonds. The van der Waals surface area contributed by atoms with Gasteiger partial charge in [0.25, 0.3) is 0 Å². The molecular formula is C30H35ClO4. The first kappa shape index (κ1) is 26.9. The van der Waals surface area contributed by atoms with Gasteiger partial charge in [0.15, 0.2) is 11.5 Å². The first-order valence-corrected chi connectivity index (χ1v) is 13.3. The summed E-state index contributed by atoms with van der Waals surface area (Å²) in [6, 6.07) is 13.6. The first-order valence-electron chi connectivity index (χ1n) is 12.9. The molecule has 0 N–H and O–H groups in total. The number of esters is 1. The second kappa shape index (κ2) is 14.0. The molecule has 0 bridgehead atoms. The van der Waals surface area contributed by atoms with Crippen molar-refractivity contribution < 1.29 is 19.1 Å². The zero-order valence-electron chi connectivity index (χ0n) is 20.6. The number of ketones is 2. The Bertz CT molecular complexity index is 1050. The molecule has 2 aromatic carbocycles. The highest BCUT2D eigenvalue weighted by molar-refractivity contribution is 6.30. The first-order chi connectivity index (χ1) is 17.0. The van der Waals surface area contributed by atoms with E-state index >= 15 is 0 Å². The van der Waals surface area contributed by atoms with Gasteiger partial charge in [-0.2, -0.15) is 0 Å². The van der Waals surface area contributed by atoms with Crippen molar-refractivity contribution in [2.45, 2.75) is 84.0 Å². The van der Waals surface area contributed by atoms with Gasteiger partial charge >= 0.3 is 5.97 Å². The number of fused-ring (bicyclic) bond motifs is 1. The maximum atomic E-state index is 13.2. The summed E-state index contributed by atoms with van der Waals surface area (Å²) < 4.78 is 5.56. The highest BCUT2D eigenvalue weighted by Gasteiger charge is 2.34. The summed E-state index contributed by atoms with van der Waals surface area (Å²) >= 11 is 5.91. The third-order valence-electron chi connectivity index (χ3n) is 6.43. The molecular weight excluding hydrogens is 460 g/mol. The Kier molecular flexibility index (Phi) is 10.7. The van der Waals surface area contributed by atoms with E-state index in [9.17, 15) is 14.4 Å². The molecule has 4 nitrogen and oxygen atoms in total. The van der Waals surface area contributed by atoms with Crippen LogP contribution in [-0.4, -0.2) is 17.5 Å². The quantitative estimate of drug-likeness (QED) is 0.197. The summed E-state index contributed by atoms with van der Waals surface area (Å²) in [5.74, 6) is -1.29. The molecule has 0 aromatic heterocycles. The molecule has 0 radical (unpaired) electrons. The van der Waals surface area contributed by atoms with Crippen molar-refractivity contribution in [2.24, 2.45) is 0 Å². The minimum absolute atomic E-state index is 0.00464. The topological polar surface area (TPSA) is 60.4 Å². The van der Waals surface area contributed by atoms with Gasteiger partial charge in [-0.25, -0.2) is 0 Å². The van der Waals surface area contributed by atoms with Crippen LogP contribution in [0.25, 0.3) is 0 Å². The van der Waals surface area contributed by atoms with Gasteiger partial charge in [-0.3, -0.25) is 14.4 Å². The Labute approximate surface area is 213 Å². The van der Waals surface area contributed by atoms with Crippen LogP contribution < -0.4 is 0 Å². The Morgan fingerprint density at radius 1 is 0.743 bits per heavy atom. The Morgan fingerprint density at radius 3 is 1.89 bits per heavy atom. The zero-order chi connectivity index (χ0) is 25.0. The summed E-state index contributed by atoms with van der Waals surface area (Å²) in [5.41, 5.74) is 1.72. The van der Waals surface area contributed by atoms with Crippen LogP contribution in [0.4, 0.5) is 0 Å². The number of unbranched alkanes of at least 4 members (excludes halogenated alkanes) is 9. The number of ether oxygens (including phenoxy) is 1. The number of hydrogen-bond acceptors (Lipinski definition) is 4. The molecule has 0 unspecified atom stereocenters. The van der Waals surface area contributed by atoms with Crippen LogP contribution in [0, 0.1) is 0 Å². The molecule has 186 valence electrons. The number of carbonyl (C=O) groups is 3. The van der Waals surface area contributed by atoms with Crippen LogP contribution in [0.5, 0.6) is 0 Å². The van der Waals surface area contributed by atoms with E-state index in [1.165, 1.54) is 44.9 Å². The lowest BCUT2D eigenvalue weighted by Crippen LogP contribution is -2.25. The Balaban J connectivity index is 1.61. The highest BCUT2D eigenvalue weighted by Crippen LogP contribution is 2.30. The van der Waals surface area contributed by atoms with E-state index in [4.69, 9.17) is 16.3 Å². The molecule has 2 aromatic rings. The molecule has 1 aliphatic carbocycles. The number of carbonyl (C=O) groups excluding carboxylic acids is 3. The predicted molar refractivity (Wildman–Crippen MR) is 140 cm³/mol. The third-order valence-corrected chi connectivity index (χ3v) is 6.68. The van der Waals surface area contributed by atoms with E-state index < -0.39 is 11.8 Å². The SMILES string of the molecule is CCCCCCCCCCCCC1=C(OC(=O)Cc2ccc(Cl)cc2)C(=O)c2ccccc2C1=O. The molecule has 0 fully saturated rings. The predicted octanol–water partition coefficient (Wildman–Crippen LogP) is 8.07. The molecule has 1 aliphatic rings. The van der Waals surface area contributed by atoms with Gasteiger partial charge in [-0.05, 0) is 30.5 Å². The molecule has 0 saturated carbocycles.